The number of carbonyl (C=O) groups is 1. The lowest BCUT2D eigenvalue weighted by molar-refractivity contribution is -0.201. The summed E-state index contributed by atoms with van der Waals surface area (Å²) in [5.74, 6) is -0.609. The number of piperidine rings is 1. The van der Waals surface area contributed by atoms with Crippen LogP contribution in [0.15, 0.2) is 18.3 Å². The molecule has 1 unspecified atom stereocenters. The molecule has 8 heteroatoms. The highest BCUT2D eigenvalue weighted by Crippen LogP contribution is 2.22. The molecule has 21 heavy (non-hydrogen) atoms. The van der Waals surface area contributed by atoms with E-state index in [1.807, 2.05) is 0 Å². The highest BCUT2D eigenvalue weighted by molar-refractivity contribution is 5.92. The summed E-state index contributed by atoms with van der Waals surface area (Å²) in [6.45, 7) is 0.840. The number of rotatable bonds is 4. The molecular weight excluding hydrogens is 287 g/mol. The van der Waals surface area contributed by atoms with Gasteiger partial charge in [-0.05, 0) is 38.1 Å². The Morgan fingerprint density at radius 3 is 2.76 bits per heavy atom. The standard InChI is InChI=1S/C13H18F3N3O2/c14-13(15,16)11(20)8-18-12(21)10-2-1-7-19(10)9-3-5-17-6-4-9/h1-2,7,9,11,17,20H,3-6,8H2,(H,18,21). The van der Waals surface area contributed by atoms with Crippen molar-refractivity contribution < 1.29 is 23.1 Å². The van der Waals surface area contributed by atoms with Gasteiger partial charge in [0.05, 0.1) is 6.54 Å². The second kappa shape index (κ2) is 6.48. The van der Waals surface area contributed by atoms with E-state index < -0.39 is 24.7 Å². The molecule has 0 radical (unpaired) electrons. The van der Waals surface area contributed by atoms with Crippen molar-refractivity contribution in [3.63, 3.8) is 0 Å². The summed E-state index contributed by atoms with van der Waals surface area (Å²) in [4.78, 5) is 12.0. The summed E-state index contributed by atoms with van der Waals surface area (Å²) in [7, 11) is 0. The SMILES string of the molecule is O=C(NCC(O)C(F)(F)F)c1cccn1C1CCNCC1. The van der Waals surface area contributed by atoms with Crippen LogP contribution in [0, 0.1) is 0 Å². The Morgan fingerprint density at radius 1 is 1.48 bits per heavy atom. The molecule has 1 saturated heterocycles. The second-order valence-corrected chi connectivity index (χ2v) is 5.05. The van der Waals surface area contributed by atoms with Gasteiger partial charge in [0.15, 0.2) is 6.10 Å². The summed E-state index contributed by atoms with van der Waals surface area (Å²) in [6, 6.07) is 3.42. The van der Waals surface area contributed by atoms with E-state index in [9.17, 15) is 18.0 Å². The van der Waals surface area contributed by atoms with E-state index in [1.54, 1.807) is 22.9 Å². The Labute approximate surface area is 120 Å². The third kappa shape index (κ3) is 3.98. The van der Waals surface area contributed by atoms with Crippen molar-refractivity contribution >= 4 is 5.91 Å². The maximum absolute atomic E-state index is 12.2. The molecule has 1 aromatic rings. The molecule has 1 fully saturated rings. The molecule has 0 spiro atoms. The predicted molar refractivity (Wildman–Crippen MR) is 70.0 cm³/mol. The van der Waals surface area contributed by atoms with Crippen LogP contribution in [0.4, 0.5) is 13.2 Å². The van der Waals surface area contributed by atoms with Gasteiger partial charge < -0.3 is 20.3 Å². The van der Waals surface area contributed by atoms with Crippen molar-refractivity contribution in [1.29, 1.82) is 0 Å². The predicted octanol–water partition coefficient (Wildman–Crippen LogP) is 1.07. The van der Waals surface area contributed by atoms with Gasteiger partial charge >= 0.3 is 6.18 Å². The fourth-order valence-electron chi connectivity index (χ4n) is 2.39. The van der Waals surface area contributed by atoms with E-state index >= 15 is 0 Å². The lowest BCUT2D eigenvalue weighted by atomic mass is 10.1. The third-order valence-corrected chi connectivity index (χ3v) is 3.55. The zero-order valence-corrected chi connectivity index (χ0v) is 11.4. The first-order valence-electron chi connectivity index (χ1n) is 6.80. The molecule has 2 heterocycles. The van der Waals surface area contributed by atoms with Gasteiger partial charge in [0, 0.05) is 12.2 Å². The Bertz CT molecular complexity index is 481. The van der Waals surface area contributed by atoms with E-state index in [0.29, 0.717) is 5.69 Å². The van der Waals surface area contributed by atoms with Gasteiger partial charge in [-0.2, -0.15) is 13.2 Å². The van der Waals surface area contributed by atoms with E-state index in [1.165, 1.54) is 0 Å². The normalized spacial score (nSPS) is 18.5. The molecule has 0 aliphatic carbocycles. The highest BCUT2D eigenvalue weighted by Gasteiger charge is 2.38. The van der Waals surface area contributed by atoms with Crippen LogP contribution in [0.25, 0.3) is 0 Å². The van der Waals surface area contributed by atoms with Crippen molar-refractivity contribution in [2.75, 3.05) is 19.6 Å². The summed E-state index contributed by atoms with van der Waals surface area (Å²) in [5.41, 5.74) is 0.316. The lowest BCUT2D eigenvalue weighted by Gasteiger charge is -2.26. The maximum atomic E-state index is 12.2. The van der Waals surface area contributed by atoms with Gasteiger partial charge in [0.1, 0.15) is 5.69 Å². The number of carbonyl (C=O) groups excluding carboxylic acids is 1. The molecule has 1 aromatic heterocycles. The minimum atomic E-state index is -4.73. The average Bonchev–Trinajstić information content (AvgIpc) is 2.93. The molecule has 2 rings (SSSR count). The molecular formula is C13H18F3N3O2. The molecule has 1 aliphatic rings. The summed E-state index contributed by atoms with van der Waals surface area (Å²) in [5, 5.41) is 14.2. The van der Waals surface area contributed by atoms with Crippen molar-refractivity contribution in [2.45, 2.75) is 31.2 Å². The summed E-state index contributed by atoms with van der Waals surface area (Å²) < 4.78 is 38.4. The van der Waals surface area contributed by atoms with E-state index in [-0.39, 0.29) is 6.04 Å². The fraction of sp³-hybridized carbons (Fsp3) is 0.615. The van der Waals surface area contributed by atoms with E-state index in [2.05, 4.69) is 10.6 Å². The Kier molecular flexibility index (Phi) is 4.89. The van der Waals surface area contributed by atoms with Crippen LogP contribution in [-0.2, 0) is 0 Å². The van der Waals surface area contributed by atoms with Crippen LogP contribution in [0.1, 0.15) is 29.4 Å². The molecule has 1 atom stereocenters. The first kappa shape index (κ1) is 15.8. The molecule has 0 aromatic carbocycles. The topological polar surface area (TPSA) is 66.3 Å². The number of hydrogen-bond donors (Lipinski definition) is 3. The zero-order chi connectivity index (χ0) is 15.5. The zero-order valence-electron chi connectivity index (χ0n) is 11.4. The van der Waals surface area contributed by atoms with Crippen molar-refractivity contribution in [2.24, 2.45) is 0 Å². The Hall–Kier alpha value is -1.54. The molecule has 118 valence electrons. The maximum Gasteiger partial charge on any atom is 0.416 e. The number of hydrogen-bond acceptors (Lipinski definition) is 3. The lowest BCUT2D eigenvalue weighted by Crippen LogP contribution is -2.41. The van der Waals surface area contributed by atoms with Crippen LogP contribution in [0.3, 0.4) is 0 Å². The van der Waals surface area contributed by atoms with Crippen LogP contribution in [-0.4, -0.2) is 47.5 Å². The minimum absolute atomic E-state index is 0.162. The largest absolute Gasteiger partial charge is 0.416 e. The molecule has 0 saturated carbocycles. The average molecular weight is 305 g/mol. The van der Waals surface area contributed by atoms with Gasteiger partial charge in [-0.15, -0.1) is 0 Å². The fourth-order valence-corrected chi connectivity index (χ4v) is 2.39. The van der Waals surface area contributed by atoms with Crippen molar-refractivity contribution in [3.05, 3.63) is 24.0 Å². The quantitative estimate of drug-likeness (QED) is 0.779. The van der Waals surface area contributed by atoms with E-state index in [4.69, 9.17) is 5.11 Å². The highest BCUT2D eigenvalue weighted by atomic mass is 19.4. The summed E-state index contributed by atoms with van der Waals surface area (Å²) >= 11 is 0. The third-order valence-electron chi connectivity index (χ3n) is 3.55. The van der Waals surface area contributed by atoms with Gasteiger partial charge in [-0.1, -0.05) is 0 Å². The first-order valence-corrected chi connectivity index (χ1v) is 6.80. The van der Waals surface area contributed by atoms with Crippen molar-refractivity contribution in [1.82, 2.24) is 15.2 Å². The van der Waals surface area contributed by atoms with Gasteiger partial charge in [-0.3, -0.25) is 4.79 Å². The molecule has 3 N–H and O–H groups in total. The van der Waals surface area contributed by atoms with Gasteiger partial charge in [-0.25, -0.2) is 0 Å². The second-order valence-electron chi connectivity index (χ2n) is 5.05. The Balaban J connectivity index is 1.98. The number of amides is 1. The number of aliphatic hydroxyl groups excluding tert-OH is 1. The Morgan fingerprint density at radius 2 is 2.14 bits per heavy atom. The molecule has 1 aliphatic heterocycles. The van der Waals surface area contributed by atoms with Crippen LogP contribution < -0.4 is 10.6 Å². The molecule has 0 bridgehead atoms. The van der Waals surface area contributed by atoms with Gasteiger partial charge in [0.25, 0.3) is 5.91 Å². The number of halogens is 3. The monoisotopic (exact) mass is 305 g/mol. The van der Waals surface area contributed by atoms with Crippen LogP contribution in [0.2, 0.25) is 0 Å². The smallest absolute Gasteiger partial charge is 0.382 e. The number of aliphatic hydroxyl groups is 1. The number of alkyl halides is 3. The first-order chi connectivity index (χ1) is 9.89. The van der Waals surface area contributed by atoms with E-state index in [0.717, 1.165) is 25.9 Å². The van der Waals surface area contributed by atoms with Crippen LogP contribution in [0.5, 0.6) is 0 Å². The number of nitrogens with one attached hydrogen (secondary N) is 2. The number of aromatic nitrogens is 1. The van der Waals surface area contributed by atoms with Crippen molar-refractivity contribution in [3.8, 4) is 0 Å². The molecule has 5 nitrogen and oxygen atoms in total. The minimum Gasteiger partial charge on any atom is -0.382 e. The van der Waals surface area contributed by atoms with Gasteiger partial charge in [0.2, 0.25) is 0 Å². The summed E-state index contributed by atoms with van der Waals surface area (Å²) in [6.07, 6.45) is -3.81. The number of nitrogens with zero attached hydrogens (tertiary/aromatic N) is 1. The molecule has 1 amide bonds. The van der Waals surface area contributed by atoms with Crippen LogP contribution >= 0.6 is 0 Å².